The number of hydrogen-bond acceptors (Lipinski definition) is 3. The maximum atomic E-state index is 12.9. The van der Waals surface area contributed by atoms with Crippen molar-refractivity contribution in [2.75, 3.05) is 39.8 Å². The second-order valence-electron chi connectivity index (χ2n) is 6.32. The molecule has 0 saturated carbocycles. The standard InChI is InChI=1S/C17H22F6N4O/c1-24-15(26-12-6-8-27(10-12)11-16(18,19)20)25-7-9-28-14-5-3-2-4-13(14)17(21,22)23/h2-5,12H,6-11H2,1H3,(H2,24,25,26). The summed E-state index contributed by atoms with van der Waals surface area (Å²) in [5.41, 5.74) is -0.854. The quantitative estimate of drug-likeness (QED) is 0.327. The van der Waals surface area contributed by atoms with Gasteiger partial charge in [0.2, 0.25) is 0 Å². The topological polar surface area (TPSA) is 48.9 Å². The van der Waals surface area contributed by atoms with Crippen LogP contribution in [-0.2, 0) is 6.18 Å². The first kappa shape index (κ1) is 22.1. The third kappa shape index (κ3) is 7.10. The van der Waals surface area contributed by atoms with Gasteiger partial charge in [-0.15, -0.1) is 0 Å². The van der Waals surface area contributed by atoms with Crippen LogP contribution >= 0.6 is 0 Å². The summed E-state index contributed by atoms with van der Waals surface area (Å²) in [6.45, 7) is -0.269. The summed E-state index contributed by atoms with van der Waals surface area (Å²) in [6.07, 6.45) is -8.21. The van der Waals surface area contributed by atoms with Crippen LogP contribution in [-0.4, -0.2) is 62.9 Å². The Labute approximate surface area is 158 Å². The number of nitrogens with one attached hydrogen (secondary N) is 2. The van der Waals surface area contributed by atoms with Gasteiger partial charge < -0.3 is 15.4 Å². The van der Waals surface area contributed by atoms with Crippen molar-refractivity contribution in [2.45, 2.75) is 24.8 Å². The molecular weight excluding hydrogens is 390 g/mol. The molecule has 0 amide bonds. The molecule has 2 rings (SSSR count). The molecule has 2 N–H and O–H groups in total. The molecule has 1 unspecified atom stereocenters. The number of para-hydroxylation sites is 1. The number of guanidine groups is 1. The second kappa shape index (κ2) is 9.35. The Bertz CT molecular complexity index is 662. The fourth-order valence-electron chi connectivity index (χ4n) is 2.89. The first-order valence-electron chi connectivity index (χ1n) is 8.64. The Kier molecular flexibility index (Phi) is 7.39. The van der Waals surface area contributed by atoms with Crippen LogP contribution in [0.15, 0.2) is 29.3 Å². The molecule has 1 heterocycles. The van der Waals surface area contributed by atoms with Crippen LogP contribution in [0.1, 0.15) is 12.0 Å². The summed E-state index contributed by atoms with van der Waals surface area (Å²) in [4.78, 5) is 5.28. The first-order chi connectivity index (χ1) is 13.1. The minimum atomic E-state index is -4.51. The van der Waals surface area contributed by atoms with E-state index in [-0.39, 0.29) is 31.5 Å². The molecule has 0 aliphatic carbocycles. The predicted molar refractivity (Wildman–Crippen MR) is 92.3 cm³/mol. The molecule has 1 fully saturated rings. The molecule has 1 atom stereocenters. The van der Waals surface area contributed by atoms with E-state index in [2.05, 4.69) is 15.6 Å². The molecule has 1 aliphatic rings. The first-order valence-corrected chi connectivity index (χ1v) is 8.64. The largest absolute Gasteiger partial charge is 0.491 e. The van der Waals surface area contributed by atoms with Crippen LogP contribution in [0.2, 0.25) is 0 Å². The number of benzene rings is 1. The predicted octanol–water partition coefficient (Wildman–Crippen LogP) is 2.89. The van der Waals surface area contributed by atoms with E-state index < -0.39 is 24.5 Å². The zero-order valence-corrected chi connectivity index (χ0v) is 15.2. The summed E-state index contributed by atoms with van der Waals surface area (Å²) < 4.78 is 81.2. The van der Waals surface area contributed by atoms with E-state index in [4.69, 9.17) is 4.74 Å². The van der Waals surface area contributed by atoms with Crippen LogP contribution in [0.4, 0.5) is 26.3 Å². The number of alkyl halides is 6. The Morgan fingerprint density at radius 2 is 1.93 bits per heavy atom. The van der Waals surface area contributed by atoms with Crippen molar-refractivity contribution in [2.24, 2.45) is 4.99 Å². The molecule has 1 aromatic rings. The van der Waals surface area contributed by atoms with Gasteiger partial charge in [-0.1, -0.05) is 12.1 Å². The zero-order valence-electron chi connectivity index (χ0n) is 15.2. The van der Waals surface area contributed by atoms with Gasteiger partial charge in [0, 0.05) is 26.2 Å². The van der Waals surface area contributed by atoms with Crippen LogP contribution in [0.3, 0.4) is 0 Å². The third-order valence-electron chi connectivity index (χ3n) is 4.08. The Balaban J connectivity index is 1.76. The van der Waals surface area contributed by atoms with E-state index in [9.17, 15) is 26.3 Å². The average Bonchev–Trinajstić information content (AvgIpc) is 3.02. The fraction of sp³-hybridized carbons (Fsp3) is 0.588. The molecule has 0 spiro atoms. The summed E-state index contributed by atoms with van der Waals surface area (Å²) in [5, 5.41) is 5.89. The second-order valence-corrected chi connectivity index (χ2v) is 6.32. The lowest BCUT2D eigenvalue weighted by molar-refractivity contribution is -0.143. The van der Waals surface area contributed by atoms with Gasteiger partial charge in [0.1, 0.15) is 12.4 Å². The molecule has 1 aromatic carbocycles. The number of hydrogen-bond donors (Lipinski definition) is 2. The number of aliphatic imine (C=N–C) groups is 1. The molecule has 5 nitrogen and oxygen atoms in total. The van der Waals surface area contributed by atoms with Crippen molar-refractivity contribution in [1.82, 2.24) is 15.5 Å². The highest BCUT2D eigenvalue weighted by Crippen LogP contribution is 2.35. The van der Waals surface area contributed by atoms with E-state index in [1.54, 1.807) is 0 Å². The van der Waals surface area contributed by atoms with Crippen molar-refractivity contribution in [1.29, 1.82) is 0 Å². The Morgan fingerprint density at radius 3 is 2.57 bits per heavy atom. The van der Waals surface area contributed by atoms with E-state index in [1.807, 2.05) is 0 Å². The SMILES string of the molecule is CN=C(NCCOc1ccccc1C(F)(F)F)NC1CCN(CC(F)(F)F)C1. The van der Waals surface area contributed by atoms with Gasteiger partial charge in [-0.25, -0.2) is 0 Å². The van der Waals surface area contributed by atoms with Crippen molar-refractivity contribution < 1.29 is 31.1 Å². The van der Waals surface area contributed by atoms with Crippen LogP contribution in [0.25, 0.3) is 0 Å². The van der Waals surface area contributed by atoms with E-state index >= 15 is 0 Å². The minimum absolute atomic E-state index is 0.0430. The highest BCUT2D eigenvalue weighted by molar-refractivity contribution is 5.80. The lowest BCUT2D eigenvalue weighted by atomic mass is 10.2. The van der Waals surface area contributed by atoms with Crippen LogP contribution < -0.4 is 15.4 Å². The number of nitrogens with zero attached hydrogens (tertiary/aromatic N) is 2. The fourth-order valence-corrected chi connectivity index (χ4v) is 2.89. The number of halogens is 6. The van der Waals surface area contributed by atoms with Crippen LogP contribution in [0.5, 0.6) is 5.75 Å². The van der Waals surface area contributed by atoms with E-state index in [1.165, 1.54) is 30.1 Å². The molecule has 28 heavy (non-hydrogen) atoms. The molecule has 158 valence electrons. The number of ether oxygens (including phenoxy) is 1. The summed E-state index contributed by atoms with van der Waals surface area (Å²) in [7, 11) is 1.50. The normalized spacial score (nSPS) is 19.0. The Hall–Kier alpha value is -2.17. The molecule has 0 bridgehead atoms. The van der Waals surface area contributed by atoms with E-state index in [0.717, 1.165) is 6.07 Å². The maximum Gasteiger partial charge on any atom is 0.419 e. The molecule has 1 saturated heterocycles. The molecule has 1 aliphatic heterocycles. The number of likely N-dealkylation sites (tertiary alicyclic amines) is 1. The molecule has 0 aromatic heterocycles. The Morgan fingerprint density at radius 1 is 1.21 bits per heavy atom. The lowest BCUT2D eigenvalue weighted by Crippen LogP contribution is -2.46. The summed E-state index contributed by atoms with van der Waals surface area (Å²) in [6, 6.07) is 4.72. The smallest absolute Gasteiger partial charge is 0.419 e. The van der Waals surface area contributed by atoms with E-state index in [0.29, 0.717) is 18.9 Å². The van der Waals surface area contributed by atoms with Gasteiger partial charge in [0.15, 0.2) is 5.96 Å². The lowest BCUT2D eigenvalue weighted by Gasteiger charge is -2.20. The van der Waals surface area contributed by atoms with Crippen molar-refractivity contribution in [3.63, 3.8) is 0 Å². The van der Waals surface area contributed by atoms with Crippen molar-refractivity contribution in [3.05, 3.63) is 29.8 Å². The highest BCUT2D eigenvalue weighted by atomic mass is 19.4. The summed E-state index contributed by atoms with van der Waals surface area (Å²) >= 11 is 0. The molecule has 11 heteroatoms. The van der Waals surface area contributed by atoms with Crippen molar-refractivity contribution in [3.8, 4) is 5.75 Å². The monoisotopic (exact) mass is 412 g/mol. The van der Waals surface area contributed by atoms with Gasteiger partial charge >= 0.3 is 12.4 Å². The third-order valence-corrected chi connectivity index (χ3v) is 4.08. The molecular formula is C17H22F6N4O. The highest BCUT2D eigenvalue weighted by Gasteiger charge is 2.35. The van der Waals surface area contributed by atoms with Gasteiger partial charge in [-0.3, -0.25) is 9.89 Å². The van der Waals surface area contributed by atoms with Gasteiger partial charge in [0.25, 0.3) is 0 Å². The maximum absolute atomic E-state index is 12.9. The van der Waals surface area contributed by atoms with Gasteiger partial charge in [0.05, 0.1) is 18.7 Å². The van der Waals surface area contributed by atoms with Gasteiger partial charge in [-0.05, 0) is 18.6 Å². The van der Waals surface area contributed by atoms with Gasteiger partial charge in [-0.2, -0.15) is 26.3 Å². The zero-order chi connectivity index (χ0) is 20.8. The summed E-state index contributed by atoms with van der Waals surface area (Å²) in [5.74, 6) is 0.0879. The molecule has 0 radical (unpaired) electrons. The van der Waals surface area contributed by atoms with Crippen molar-refractivity contribution >= 4 is 5.96 Å². The number of rotatable bonds is 6. The minimum Gasteiger partial charge on any atom is -0.491 e. The average molecular weight is 412 g/mol. The van der Waals surface area contributed by atoms with Crippen LogP contribution in [0, 0.1) is 0 Å².